The number of rotatable bonds is 10. The molecule has 0 fully saturated rings. The molecule has 1 N–H and O–H groups in total. The average Bonchev–Trinajstić information content (AvgIpc) is 2.83. The molecule has 0 aliphatic heterocycles. The number of carbonyl (C=O) groups is 2. The highest BCUT2D eigenvalue weighted by Crippen LogP contribution is 2.19. The summed E-state index contributed by atoms with van der Waals surface area (Å²) in [6.07, 6.45) is 0.434. The molecule has 0 radical (unpaired) electrons. The molecule has 0 saturated heterocycles. The maximum atomic E-state index is 13.6. The van der Waals surface area contributed by atoms with E-state index in [1.165, 1.54) is 12.1 Å². The summed E-state index contributed by atoms with van der Waals surface area (Å²) in [4.78, 5) is 28.5. The number of amides is 2. The molecule has 34 heavy (non-hydrogen) atoms. The number of halogens is 1. The predicted molar refractivity (Wildman–Crippen MR) is 131 cm³/mol. The van der Waals surface area contributed by atoms with Gasteiger partial charge in [-0.2, -0.15) is 0 Å². The third-order valence-corrected chi connectivity index (χ3v) is 5.46. The van der Waals surface area contributed by atoms with Crippen LogP contribution in [0.2, 0.25) is 0 Å². The molecule has 6 heteroatoms. The Morgan fingerprint density at radius 2 is 1.59 bits per heavy atom. The van der Waals surface area contributed by atoms with E-state index in [0.717, 1.165) is 11.1 Å². The molecule has 0 spiro atoms. The Hall–Kier alpha value is -3.67. The molecule has 5 nitrogen and oxygen atoms in total. The van der Waals surface area contributed by atoms with E-state index in [1.54, 1.807) is 24.1 Å². The van der Waals surface area contributed by atoms with Crippen molar-refractivity contribution in [2.75, 3.05) is 7.11 Å². The second kappa shape index (κ2) is 12.0. The third kappa shape index (κ3) is 7.17. The van der Waals surface area contributed by atoms with Crippen LogP contribution >= 0.6 is 0 Å². The van der Waals surface area contributed by atoms with Gasteiger partial charge in [-0.05, 0) is 54.8 Å². The molecule has 3 aromatic carbocycles. The lowest BCUT2D eigenvalue weighted by Gasteiger charge is -2.32. The summed E-state index contributed by atoms with van der Waals surface area (Å²) in [5.41, 5.74) is 2.49. The monoisotopic (exact) mass is 462 g/mol. The Bertz CT molecular complexity index is 1080. The van der Waals surface area contributed by atoms with Crippen LogP contribution < -0.4 is 10.1 Å². The van der Waals surface area contributed by atoms with Crippen molar-refractivity contribution < 1.29 is 18.7 Å². The van der Waals surface area contributed by atoms with Crippen LogP contribution in [0.15, 0.2) is 78.9 Å². The van der Waals surface area contributed by atoms with Crippen molar-refractivity contribution in [1.82, 2.24) is 10.2 Å². The number of benzene rings is 3. The lowest BCUT2D eigenvalue weighted by Crippen LogP contribution is -2.52. The zero-order chi connectivity index (χ0) is 24.5. The Balaban J connectivity index is 1.97. The van der Waals surface area contributed by atoms with Gasteiger partial charge in [0.25, 0.3) is 0 Å². The molecule has 178 valence electrons. The van der Waals surface area contributed by atoms with Crippen LogP contribution in [-0.4, -0.2) is 35.9 Å². The molecule has 3 rings (SSSR count). The fourth-order valence-electron chi connectivity index (χ4n) is 3.78. The first kappa shape index (κ1) is 25.0. The van der Waals surface area contributed by atoms with Gasteiger partial charge in [-0.1, -0.05) is 54.6 Å². The van der Waals surface area contributed by atoms with Gasteiger partial charge in [0.05, 0.1) is 13.5 Å². The SMILES string of the molecule is COc1cccc(CN(C(=O)Cc2ccc(F)cc2)C(Cc2ccccc2)C(=O)NC(C)C)c1. The highest BCUT2D eigenvalue weighted by atomic mass is 19.1. The van der Waals surface area contributed by atoms with Crippen LogP contribution in [-0.2, 0) is 29.0 Å². The summed E-state index contributed by atoms with van der Waals surface area (Å²) >= 11 is 0. The van der Waals surface area contributed by atoms with Gasteiger partial charge in [0.15, 0.2) is 0 Å². The first-order valence-electron chi connectivity index (χ1n) is 11.4. The summed E-state index contributed by atoms with van der Waals surface area (Å²) < 4.78 is 18.7. The fraction of sp³-hybridized carbons (Fsp3) is 0.286. The summed E-state index contributed by atoms with van der Waals surface area (Å²) in [6, 6.07) is 22.2. The average molecular weight is 463 g/mol. The Morgan fingerprint density at radius 1 is 0.912 bits per heavy atom. The number of ether oxygens (including phenoxy) is 1. The third-order valence-electron chi connectivity index (χ3n) is 5.46. The number of nitrogens with one attached hydrogen (secondary N) is 1. The molecule has 0 aromatic heterocycles. The van der Waals surface area contributed by atoms with E-state index in [4.69, 9.17) is 4.74 Å². The molecular weight excluding hydrogens is 431 g/mol. The van der Waals surface area contributed by atoms with Crippen LogP contribution in [0.3, 0.4) is 0 Å². The number of methoxy groups -OCH3 is 1. The molecule has 0 heterocycles. The van der Waals surface area contributed by atoms with Crippen molar-refractivity contribution in [2.24, 2.45) is 0 Å². The quantitative estimate of drug-likeness (QED) is 0.481. The molecule has 0 aliphatic rings. The van der Waals surface area contributed by atoms with E-state index >= 15 is 0 Å². The van der Waals surface area contributed by atoms with Crippen molar-refractivity contribution in [3.8, 4) is 5.75 Å². The zero-order valence-electron chi connectivity index (χ0n) is 19.8. The first-order valence-corrected chi connectivity index (χ1v) is 11.4. The largest absolute Gasteiger partial charge is 0.497 e. The molecule has 0 aliphatic carbocycles. The van der Waals surface area contributed by atoms with E-state index in [0.29, 0.717) is 17.7 Å². The second-order valence-electron chi connectivity index (χ2n) is 8.55. The number of nitrogens with zero attached hydrogens (tertiary/aromatic N) is 1. The van der Waals surface area contributed by atoms with E-state index < -0.39 is 6.04 Å². The van der Waals surface area contributed by atoms with Crippen molar-refractivity contribution in [2.45, 2.75) is 45.3 Å². The van der Waals surface area contributed by atoms with E-state index in [2.05, 4.69) is 5.32 Å². The lowest BCUT2D eigenvalue weighted by molar-refractivity contribution is -0.141. The first-order chi connectivity index (χ1) is 16.4. The van der Waals surface area contributed by atoms with Gasteiger partial charge < -0.3 is 15.0 Å². The molecule has 3 aromatic rings. The van der Waals surface area contributed by atoms with Gasteiger partial charge in [-0.25, -0.2) is 4.39 Å². The minimum Gasteiger partial charge on any atom is -0.497 e. The van der Waals surface area contributed by atoms with Crippen molar-refractivity contribution in [1.29, 1.82) is 0 Å². The van der Waals surface area contributed by atoms with Gasteiger partial charge in [0.2, 0.25) is 11.8 Å². The summed E-state index contributed by atoms with van der Waals surface area (Å²) in [7, 11) is 1.59. The topological polar surface area (TPSA) is 58.6 Å². The standard InChI is InChI=1S/C28H31FN2O3/c1-20(2)30-28(33)26(17-21-8-5-4-6-9-21)31(19-23-10-7-11-25(16-23)34-3)27(32)18-22-12-14-24(29)15-13-22/h4-16,20,26H,17-19H2,1-3H3,(H,30,33). The van der Waals surface area contributed by atoms with Crippen molar-refractivity contribution >= 4 is 11.8 Å². The maximum Gasteiger partial charge on any atom is 0.243 e. The van der Waals surface area contributed by atoms with Gasteiger partial charge >= 0.3 is 0 Å². The maximum absolute atomic E-state index is 13.6. The van der Waals surface area contributed by atoms with Crippen LogP contribution in [0, 0.1) is 5.82 Å². The highest BCUT2D eigenvalue weighted by molar-refractivity contribution is 5.89. The van der Waals surface area contributed by atoms with Gasteiger partial charge in [-0.15, -0.1) is 0 Å². The highest BCUT2D eigenvalue weighted by Gasteiger charge is 2.30. The minimum absolute atomic E-state index is 0.0600. The van der Waals surface area contributed by atoms with E-state index in [-0.39, 0.29) is 36.6 Å². The summed E-state index contributed by atoms with van der Waals surface area (Å²) in [5, 5.41) is 2.97. The molecule has 1 atom stereocenters. The molecular formula is C28H31FN2O3. The molecule has 1 unspecified atom stereocenters. The normalized spacial score (nSPS) is 11.7. The van der Waals surface area contributed by atoms with Gasteiger partial charge in [0.1, 0.15) is 17.6 Å². The molecule has 2 amide bonds. The van der Waals surface area contributed by atoms with Gasteiger partial charge in [-0.3, -0.25) is 9.59 Å². The van der Waals surface area contributed by atoms with Crippen LogP contribution in [0.5, 0.6) is 5.75 Å². The lowest BCUT2D eigenvalue weighted by atomic mass is 10.0. The smallest absolute Gasteiger partial charge is 0.243 e. The van der Waals surface area contributed by atoms with E-state index in [1.807, 2.05) is 68.4 Å². The Labute approximate surface area is 200 Å². The zero-order valence-corrected chi connectivity index (χ0v) is 19.8. The second-order valence-corrected chi connectivity index (χ2v) is 8.55. The number of carbonyl (C=O) groups excluding carboxylic acids is 2. The summed E-state index contributed by atoms with van der Waals surface area (Å²) in [6.45, 7) is 4.02. The fourth-order valence-corrected chi connectivity index (χ4v) is 3.78. The Kier molecular flexibility index (Phi) is 8.79. The Morgan fingerprint density at radius 3 is 2.24 bits per heavy atom. The van der Waals surface area contributed by atoms with Crippen LogP contribution in [0.25, 0.3) is 0 Å². The summed E-state index contributed by atoms with van der Waals surface area (Å²) in [5.74, 6) is -0.110. The predicted octanol–water partition coefficient (Wildman–Crippen LogP) is 4.54. The molecule has 0 bridgehead atoms. The molecule has 0 saturated carbocycles. The van der Waals surface area contributed by atoms with Crippen molar-refractivity contribution in [3.63, 3.8) is 0 Å². The number of hydrogen-bond donors (Lipinski definition) is 1. The van der Waals surface area contributed by atoms with Crippen molar-refractivity contribution in [3.05, 3.63) is 101 Å². The number of hydrogen-bond acceptors (Lipinski definition) is 3. The van der Waals surface area contributed by atoms with Gasteiger partial charge in [0, 0.05) is 19.0 Å². The van der Waals surface area contributed by atoms with Crippen LogP contribution in [0.1, 0.15) is 30.5 Å². The minimum atomic E-state index is -0.719. The van der Waals surface area contributed by atoms with Crippen LogP contribution in [0.4, 0.5) is 4.39 Å². The van der Waals surface area contributed by atoms with E-state index in [9.17, 15) is 14.0 Å².